The third kappa shape index (κ3) is 3.63. The molecule has 1 aliphatic heterocycles. The van der Waals surface area contributed by atoms with Crippen LogP contribution in [0.25, 0.3) is 10.2 Å². The van der Waals surface area contributed by atoms with Gasteiger partial charge in [0.05, 0.1) is 16.8 Å². The highest BCUT2D eigenvalue weighted by atomic mass is 32.1. The summed E-state index contributed by atoms with van der Waals surface area (Å²) in [6.45, 7) is 1.09. The van der Waals surface area contributed by atoms with Gasteiger partial charge in [-0.1, -0.05) is 18.2 Å². The van der Waals surface area contributed by atoms with E-state index in [2.05, 4.69) is 4.98 Å². The molecule has 26 heavy (non-hydrogen) atoms. The molecule has 4 rings (SSSR count). The molecule has 6 nitrogen and oxygen atoms in total. The zero-order valence-corrected chi connectivity index (χ0v) is 15.1. The molecule has 2 aromatic carbocycles. The van der Waals surface area contributed by atoms with Crippen molar-refractivity contribution >= 4 is 27.5 Å². The van der Waals surface area contributed by atoms with Crippen molar-refractivity contribution < 1.29 is 19.0 Å². The number of para-hydroxylation sites is 1. The van der Waals surface area contributed by atoms with E-state index in [1.807, 2.05) is 42.5 Å². The zero-order valence-electron chi connectivity index (χ0n) is 14.3. The van der Waals surface area contributed by atoms with Crippen molar-refractivity contribution in [1.82, 2.24) is 9.88 Å². The van der Waals surface area contributed by atoms with E-state index in [0.29, 0.717) is 13.2 Å². The van der Waals surface area contributed by atoms with Crippen molar-refractivity contribution in [3.63, 3.8) is 0 Å². The SMILES string of the molecule is CN(Cc1ccc2c(c1)OCO2)C(=O)COCc1nc2ccccc2s1. The number of hydrogen-bond acceptors (Lipinski definition) is 6. The molecule has 0 bridgehead atoms. The quantitative estimate of drug-likeness (QED) is 0.667. The standard InChI is InChI=1S/C19H18N2O4S/c1-21(9-13-6-7-15-16(8-13)25-12-24-15)19(22)11-23-10-18-20-14-4-2-3-5-17(14)26-18/h2-8H,9-12H2,1H3. The molecule has 0 radical (unpaired) electrons. The van der Waals surface area contributed by atoms with Crippen LogP contribution in [0.5, 0.6) is 11.5 Å². The minimum absolute atomic E-state index is 0.0248. The van der Waals surface area contributed by atoms with Gasteiger partial charge < -0.3 is 19.1 Å². The predicted molar refractivity (Wildman–Crippen MR) is 98.3 cm³/mol. The minimum atomic E-state index is -0.0798. The summed E-state index contributed by atoms with van der Waals surface area (Å²) in [6.07, 6.45) is 0. The number of likely N-dealkylation sites (N-methyl/N-ethyl adjacent to an activating group) is 1. The fraction of sp³-hybridized carbons (Fsp3) is 0.263. The van der Waals surface area contributed by atoms with Gasteiger partial charge in [-0.15, -0.1) is 11.3 Å². The molecule has 2 heterocycles. The summed E-state index contributed by atoms with van der Waals surface area (Å²) >= 11 is 1.58. The Kier molecular flexibility index (Phi) is 4.73. The largest absolute Gasteiger partial charge is 0.454 e. The Hall–Kier alpha value is -2.64. The molecule has 1 aliphatic rings. The van der Waals surface area contributed by atoms with E-state index in [1.165, 1.54) is 0 Å². The number of nitrogens with zero attached hydrogens (tertiary/aromatic N) is 2. The number of ether oxygens (including phenoxy) is 3. The van der Waals surface area contributed by atoms with Gasteiger partial charge in [0, 0.05) is 13.6 Å². The fourth-order valence-electron chi connectivity index (χ4n) is 2.72. The lowest BCUT2D eigenvalue weighted by molar-refractivity contribution is -0.135. The van der Waals surface area contributed by atoms with E-state index in [4.69, 9.17) is 14.2 Å². The lowest BCUT2D eigenvalue weighted by Gasteiger charge is -2.17. The van der Waals surface area contributed by atoms with Gasteiger partial charge in [0.2, 0.25) is 12.7 Å². The van der Waals surface area contributed by atoms with Crippen LogP contribution in [0, 0.1) is 0 Å². The molecule has 134 valence electrons. The first-order chi connectivity index (χ1) is 12.7. The summed E-state index contributed by atoms with van der Waals surface area (Å²) in [6, 6.07) is 13.6. The lowest BCUT2D eigenvalue weighted by Crippen LogP contribution is -2.29. The van der Waals surface area contributed by atoms with Crippen LogP contribution in [0.15, 0.2) is 42.5 Å². The number of rotatable bonds is 6. The monoisotopic (exact) mass is 370 g/mol. The Morgan fingerprint density at radius 3 is 2.96 bits per heavy atom. The zero-order chi connectivity index (χ0) is 17.9. The summed E-state index contributed by atoms with van der Waals surface area (Å²) in [7, 11) is 1.76. The van der Waals surface area contributed by atoms with Gasteiger partial charge in [-0.3, -0.25) is 4.79 Å². The van der Waals surface area contributed by atoms with Crippen LogP contribution >= 0.6 is 11.3 Å². The van der Waals surface area contributed by atoms with E-state index in [-0.39, 0.29) is 19.3 Å². The van der Waals surface area contributed by atoms with E-state index < -0.39 is 0 Å². The van der Waals surface area contributed by atoms with Crippen LogP contribution < -0.4 is 9.47 Å². The summed E-state index contributed by atoms with van der Waals surface area (Å²) in [5, 5.41) is 0.873. The van der Waals surface area contributed by atoms with Crippen LogP contribution in [0.3, 0.4) is 0 Å². The van der Waals surface area contributed by atoms with Crippen molar-refractivity contribution in [3.8, 4) is 11.5 Å². The fourth-order valence-corrected chi connectivity index (χ4v) is 3.62. The number of aromatic nitrogens is 1. The molecule has 0 N–H and O–H groups in total. The van der Waals surface area contributed by atoms with Crippen molar-refractivity contribution in [3.05, 3.63) is 53.0 Å². The van der Waals surface area contributed by atoms with E-state index >= 15 is 0 Å². The number of thiazole rings is 1. The molecule has 0 unspecified atom stereocenters. The molecule has 1 aromatic heterocycles. The molecule has 1 amide bonds. The second kappa shape index (κ2) is 7.31. The highest BCUT2D eigenvalue weighted by Gasteiger charge is 2.15. The highest BCUT2D eigenvalue weighted by Crippen LogP contribution is 2.32. The highest BCUT2D eigenvalue weighted by molar-refractivity contribution is 7.18. The molecule has 7 heteroatoms. The predicted octanol–water partition coefficient (Wildman–Crippen LogP) is 3.20. The molecule has 3 aromatic rings. The van der Waals surface area contributed by atoms with Crippen molar-refractivity contribution in [2.24, 2.45) is 0 Å². The first-order valence-electron chi connectivity index (χ1n) is 8.24. The first-order valence-corrected chi connectivity index (χ1v) is 9.05. The summed E-state index contributed by atoms with van der Waals surface area (Å²) in [5.74, 6) is 1.38. The molecule has 0 saturated heterocycles. The number of fused-ring (bicyclic) bond motifs is 2. The topological polar surface area (TPSA) is 60.9 Å². The number of benzene rings is 2. The normalized spacial score (nSPS) is 12.5. The smallest absolute Gasteiger partial charge is 0.248 e. The van der Waals surface area contributed by atoms with Crippen molar-refractivity contribution in [1.29, 1.82) is 0 Å². The molecular formula is C19H18N2O4S. The Bertz CT molecular complexity index is 907. The molecular weight excluding hydrogens is 352 g/mol. The Labute approximate surface area is 154 Å². The summed E-state index contributed by atoms with van der Waals surface area (Å²) in [5.41, 5.74) is 1.94. The lowest BCUT2D eigenvalue weighted by atomic mass is 10.2. The van der Waals surface area contributed by atoms with Gasteiger partial charge in [-0.2, -0.15) is 0 Å². The Balaban J connectivity index is 1.28. The summed E-state index contributed by atoms with van der Waals surface area (Å²) < 4.78 is 17.3. The molecule has 0 fully saturated rings. The number of carbonyl (C=O) groups is 1. The van der Waals surface area contributed by atoms with Crippen LogP contribution in [0.4, 0.5) is 0 Å². The van der Waals surface area contributed by atoms with Gasteiger partial charge in [-0.25, -0.2) is 4.98 Å². The van der Waals surface area contributed by atoms with Gasteiger partial charge in [-0.05, 0) is 29.8 Å². The summed E-state index contributed by atoms with van der Waals surface area (Å²) in [4.78, 5) is 18.4. The van der Waals surface area contributed by atoms with Crippen LogP contribution in [0.1, 0.15) is 10.6 Å². The second-order valence-corrected chi connectivity index (χ2v) is 7.12. The first kappa shape index (κ1) is 16.8. The second-order valence-electron chi connectivity index (χ2n) is 6.01. The molecule has 0 atom stereocenters. The minimum Gasteiger partial charge on any atom is -0.454 e. The molecule has 0 saturated carbocycles. The Morgan fingerprint density at radius 2 is 2.08 bits per heavy atom. The maximum Gasteiger partial charge on any atom is 0.248 e. The van der Waals surface area contributed by atoms with Crippen LogP contribution in [0.2, 0.25) is 0 Å². The third-order valence-electron chi connectivity index (χ3n) is 4.07. The van der Waals surface area contributed by atoms with Gasteiger partial charge in [0.15, 0.2) is 11.5 Å². The number of amides is 1. The average molecular weight is 370 g/mol. The van der Waals surface area contributed by atoms with E-state index in [1.54, 1.807) is 23.3 Å². The maximum atomic E-state index is 12.3. The van der Waals surface area contributed by atoms with E-state index in [0.717, 1.165) is 32.3 Å². The number of hydrogen-bond donors (Lipinski definition) is 0. The van der Waals surface area contributed by atoms with E-state index in [9.17, 15) is 4.79 Å². The number of carbonyl (C=O) groups excluding carboxylic acids is 1. The molecule has 0 spiro atoms. The maximum absolute atomic E-state index is 12.3. The average Bonchev–Trinajstić information content (AvgIpc) is 3.27. The van der Waals surface area contributed by atoms with Crippen LogP contribution in [-0.4, -0.2) is 36.2 Å². The van der Waals surface area contributed by atoms with Gasteiger partial charge in [0.25, 0.3) is 0 Å². The van der Waals surface area contributed by atoms with Crippen LogP contribution in [-0.2, 0) is 22.7 Å². The van der Waals surface area contributed by atoms with Gasteiger partial charge >= 0.3 is 0 Å². The van der Waals surface area contributed by atoms with Gasteiger partial charge in [0.1, 0.15) is 11.6 Å². The Morgan fingerprint density at radius 1 is 1.23 bits per heavy atom. The van der Waals surface area contributed by atoms with Crippen molar-refractivity contribution in [2.45, 2.75) is 13.2 Å². The van der Waals surface area contributed by atoms with Crippen molar-refractivity contribution in [2.75, 3.05) is 20.4 Å². The third-order valence-corrected chi connectivity index (χ3v) is 5.08. The molecule has 0 aliphatic carbocycles.